The van der Waals surface area contributed by atoms with E-state index in [2.05, 4.69) is 16.7 Å². The van der Waals surface area contributed by atoms with Gasteiger partial charge in [0, 0.05) is 27.6 Å². The molecule has 0 spiro atoms. The zero-order valence-corrected chi connectivity index (χ0v) is 19.7. The number of aromatic nitrogens is 2. The van der Waals surface area contributed by atoms with E-state index >= 15 is 0 Å². The van der Waals surface area contributed by atoms with Crippen molar-refractivity contribution in [1.29, 1.82) is 0 Å². The number of ketones is 1. The number of hydrogen-bond acceptors (Lipinski definition) is 5. The van der Waals surface area contributed by atoms with Crippen LogP contribution in [-0.4, -0.2) is 21.1 Å². The summed E-state index contributed by atoms with van der Waals surface area (Å²) in [5.41, 5.74) is 3.40. The number of rotatable bonds is 7. The Morgan fingerprint density at radius 3 is 2.66 bits per heavy atom. The van der Waals surface area contributed by atoms with Crippen LogP contribution in [-0.2, 0) is 25.8 Å². The van der Waals surface area contributed by atoms with Crippen molar-refractivity contribution in [3.63, 3.8) is 0 Å². The van der Waals surface area contributed by atoms with Crippen LogP contribution in [0.25, 0.3) is 10.3 Å². The summed E-state index contributed by atoms with van der Waals surface area (Å²) in [5.74, 6) is 0.274. The van der Waals surface area contributed by atoms with Gasteiger partial charge in [-0.1, -0.05) is 53.7 Å². The summed E-state index contributed by atoms with van der Waals surface area (Å²) >= 11 is 9.03. The molecule has 7 heteroatoms. The van der Waals surface area contributed by atoms with Crippen LogP contribution in [0, 0.1) is 0 Å². The van der Waals surface area contributed by atoms with Gasteiger partial charge in [0.2, 0.25) is 5.43 Å². The molecule has 0 unspecified atom stereocenters. The van der Waals surface area contributed by atoms with Crippen LogP contribution in [0.5, 0.6) is 0 Å². The van der Waals surface area contributed by atoms with Gasteiger partial charge in [0.25, 0.3) is 0 Å². The maximum Gasteiger partial charge on any atom is 0.211 e. The molecule has 0 radical (unpaired) electrons. The van der Waals surface area contributed by atoms with Crippen LogP contribution < -0.4 is 5.43 Å². The van der Waals surface area contributed by atoms with Gasteiger partial charge in [0.05, 0.1) is 5.75 Å². The Labute approximate surface area is 199 Å². The van der Waals surface area contributed by atoms with Crippen molar-refractivity contribution in [3.05, 3.63) is 91.4 Å². The zero-order chi connectivity index (χ0) is 22.1. The lowest BCUT2D eigenvalue weighted by molar-refractivity contribution is 0.102. The second-order valence-electron chi connectivity index (χ2n) is 7.84. The molecular formula is C25H21ClN2O2S2. The molecular weight excluding hydrogens is 460 g/mol. The number of thioether (sulfide) groups is 1. The largest absolute Gasteiger partial charge is 0.310 e. The van der Waals surface area contributed by atoms with E-state index in [1.807, 2.05) is 18.2 Å². The third-order valence-corrected chi connectivity index (χ3v) is 8.26. The third kappa shape index (κ3) is 4.27. The van der Waals surface area contributed by atoms with Crippen molar-refractivity contribution < 1.29 is 4.79 Å². The fourth-order valence-electron chi connectivity index (χ4n) is 4.04. The highest BCUT2D eigenvalue weighted by Crippen LogP contribution is 2.32. The summed E-state index contributed by atoms with van der Waals surface area (Å²) in [4.78, 5) is 32.6. The number of Topliss-reactive ketones (excluding diaryl/α,β-unsaturated/α-hetero) is 1. The minimum Gasteiger partial charge on any atom is -0.310 e. The van der Waals surface area contributed by atoms with Gasteiger partial charge in [-0.2, -0.15) is 0 Å². The Morgan fingerprint density at radius 2 is 1.88 bits per heavy atom. The van der Waals surface area contributed by atoms with E-state index in [1.54, 1.807) is 35.6 Å². The highest BCUT2D eigenvalue weighted by atomic mass is 35.5. The predicted molar refractivity (Wildman–Crippen MR) is 133 cm³/mol. The van der Waals surface area contributed by atoms with Crippen LogP contribution in [0.1, 0.15) is 32.8 Å². The van der Waals surface area contributed by atoms with Crippen molar-refractivity contribution in [1.82, 2.24) is 9.55 Å². The second kappa shape index (κ2) is 9.22. The number of hydrogen-bond donors (Lipinski definition) is 0. The van der Waals surface area contributed by atoms with Gasteiger partial charge in [0.1, 0.15) is 10.3 Å². The monoisotopic (exact) mass is 480 g/mol. The van der Waals surface area contributed by atoms with E-state index < -0.39 is 0 Å². The smallest absolute Gasteiger partial charge is 0.211 e. The molecule has 0 bridgehead atoms. The van der Waals surface area contributed by atoms with Crippen molar-refractivity contribution in [3.8, 4) is 0 Å². The van der Waals surface area contributed by atoms with Gasteiger partial charge in [-0.05, 0) is 55.5 Å². The first-order valence-electron chi connectivity index (χ1n) is 10.6. The molecule has 0 N–H and O–H groups in total. The molecule has 0 atom stereocenters. The van der Waals surface area contributed by atoms with E-state index in [-0.39, 0.29) is 17.0 Å². The summed E-state index contributed by atoms with van der Waals surface area (Å²) in [7, 11) is 0. The van der Waals surface area contributed by atoms with E-state index in [9.17, 15) is 9.59 Å². The molecule has 5 rings (SSSR count). The SMILES string of the molecule is O=C(CSc1nc2c(=O)c3c(sc2n1CCc1ccccc1)CCC3)c1ccc(Cl)cc1. The van der Waals surface area contributed by atoms with Crippen LogP contribution in [0.15, 0.2) is 64.5 Å². The van der Waals surface area contributed by atoms with Crippen LogP contribution in [0.4, 0.5) is 0 Å². The summed E-state index contributed by atoms with van der Waals surface area (Å²) in [5, 5.41) is 1.34. The number of nitrogens with zero attached hydrogens (tertiary/aromatic N) is 2. The van der Waals surface area contributed by atoms with Gasteiger partial charge in [0.15, 0.2) is 10.9 Å². The van der Waals surface area contributed by atoms with Gasteiger partial charge < -0.3 is 4.57 Å². The Bertz CT molecular complexity index is 1340. The maximum absolute atomic E-state index is 13.1. The molecule has 0 amide bonds. The lowest BCUT2D eigenvalue weighted by Crippen LogP contribution is -2.08. The summed E-state index contributed by atoms with van der Waals surface area (Å²) < 4.78 is 2.13. The molecule has 0 aliphatic heterocycles. The Balaban J connectivity index is 1.47. The Kier molecular flexibility index (Phi) is 6.17. The van der Waals surface area contributed by atoms with Gasteiger partial charge >= 0.3 is 0 Å². The minimum atomic E-state index is 0.0156. The second-order valence-corrected chi connectivity index (χ2v) is 10.3. The average molecular weight is 481 g/mol. The van der Waals surface area contributed by atoms with E-state index in [0.717, 1.165) is 41.2 Å². The first-order chi connectivity index (χ1) is 15.6. The third-order valence-electron chi connectivity index (χ3n) is 5.73. The Hall–Kier alpha value is -2.41. The summed E-state index contributed by atoms with van der Waals surface area (Å²) in [6.45, 7) is 0.715. The molecule has 4 aromatic rings. The standard InChI is InChI=1S/C25H21ClN2O2S2/c26-18-11-9-17(10-12-18)20(29)15-31-25-27-22-23(30)19-7-4-8-21(19)32-24(22)28(25)14-13-16-5-2-1-3-6-16/h1-3,5-6,9-12H,4,7-8,13-15H2. The molecule has 32 heavy (non-hydrogen) atoms. The maximum atomic E-state index is 13.1. The minimum absolute atomic E-state index is 0.0156. The lowest BCUT2D eigenvalue weighted by atomic mass is 10.1. The van der Waals surface area contributed by atoms with Crippen LogP contribution in [0.3, 0.4) is 0 Å². The molecule has 1 aliphatic carbocycles. The van der Waals surface area contributed by atoms with Crippen molar-refractivity contribution >= 4 is 50.8 Å². The number of carbonyl (C=O) groups excluding carboxylic acids is 1. The number of carbonyl (C=O) groups is 1. The molecule has 1 aliphatic rings. The topological polar surface area (TPSA) is 52.0 Å². The fourth-order valence-corrected chi connectivity index (χ4v) is 6.47. The predicted octanol–water partition coefficient (Wildman–Crippen LogP) is 5.82. The molecule has 0 fully saturated rings. The van der Waals surface area contributed by atoms with Crippen LogP contribution >= 0.6 is 34.7 Å². The van der Waals surface area contributed by atoms with E-state index in [0.29, 0.717) is 22.6 Å². The molecule has 0 saturated heterocycles. The number of fused-ring (bicyclic) bond motifs is 2. The fraction of sp³-hybridized carbons (Fsp3) is 0.240. The summed E-state index contributed by atoms with van der Waals surface area (Å²) in [6, 6.07) is 17.2. The molecule has 162 valence electrons. The summed E-state index contributed by atoms with van der Waals surface area (Å²) in [6.07, 6.45) is 3.68. The van der Waals surface area contributed by atoms with E-state index in [1.165, 1.54) is 22.2 Å². The highest BCUT2D eigenvalue weighted by Gasteiger charge is 2.23. The highest BCUT2D eigenvalue weighted by molar-refractivity contribution is 7.99. The number of halogens is 1. The van der Waals surface area contributed by atoms with Crippen molar-refractivity contribution in [2.45, 2.75) is 37.4 Å². The molecule has 2 heterocycles. The molecule has 2 aromatic carbocycles. The van der Waals surface area contributed by atoms with E-state index in [4.69, 9.17) is 16.6 Å². The quantitative estimate of drug-likeness (QED) is 0.247. The first kappa shape index (κ1) is 21.4. The van der Waals surface area contributed by atoms with Gasteiger partial charge in [-0.15, -0.1) is 11.3 Å². The van der Waals surface area contributed by atoms with Gasteiger partial charge in [-0.25, -0.2) is 4.98 Å². The molecule has 4 nitrogen and oxygen atoms in total. The normalized spacial score (nSPS) is 12.9. The first-order valence-corrected chi connectivity index (χ1v) is 12.8. The van der Waals surface area contributed by atoms with Gasteiger partial charge in [-0.3, -0.25) is 9.59 Å². The number of benzene rings is 2. The van der Waals surface area contributed by atoms with Crippen molar-refractivity contribution in [2.24, 2.45) is 0 Å². The zero-order valence-electron chi connectivity index (χ0n) is 17.3. The van der Waals surface area contributed by atoms with Crippen molar-refractivity contribution in [2.75, 3.05) is 5.75 Å². The molecule has 0 saturated carbocycles. The average Bonchev–Trinajstić information content (AvgIpc) is 3.42. The number of imidazole rings is 1. The lowest BCUT2D eigenvalue weighted by Gasteiger charge is -2.09. The Morgan fingerprint density at radius 1 is 1.09 bits per heavy atom. The van der Waals surface area contributed by atoms with Crippen LogP contribution in [0.2, 0.25) is 5.02 Å². The molecule has 2 aromatic heterocycles. The number of aryl methyl sites for hydroxylation is 3.